The van der Waals surface area contributed by atoms with Gasteiger partial charge in [0.1, 0.15) is 0 Å². The highest BCUT2D eigenvalue weighted by Gasteiger charge is 2.24. The van der Waals surface area contributed by atoms with Crippen molar-refractivity contribution in [1.82, 2.24) is 10.6 Å². The molecule has 1 aliphatic heterocycles. The first-order chi connectivity index (χ1) is 9.33. The summed E-state index contributed by atoms with van der Waals surface area (Å²) in [5.41, 5.74) is 2.80. The van der Waals surface area contributed by atoms with E-state index in [4.69, 9.17) is 0 Å². The van der Waals surface area contributed by atoms with Crippen molar-refractivity contribution in [1.29, 1.82) is 0 Å². The van der Waals surface area contributed by atoms with Crippen LogP contribution < -0.4 is 10.6 Å². The van der Waals surface area contributed by atoms with E-state index >= 15 is 0 Å². The van der Waals surface area contributed by atoms with Crippen LogP contribution in [0.2, 0.25) is 0 Å². The molecule has 2 N–H and O–H groups in total. The van der Waals surface area contributed by atoms with Gasteiger partial charge in [0.15, 0.2) is 0 Å². The molecule has 1 fully saturated rings. The quantitative estimate of drug-likeness (QED) is 0.758. The van der Waals surface area contributed by atoms with E-state index < -0.39 is 0 Å². The predicted octanol–water partition coefficient (Wildman–Crippen LogP) is 3.08. The molecule has 0 aromatic carbocycles. The van der Waals surface area contributed by atoms with Crippen LogP contribution >= 0.6 is 0 Å². The van der Waals surface area contributed by atoms with Crippen LogP contribution in [0.15, 0.2) is 23.4 Å². The van der Waals surface area contributed by atoms with E-state index in [9.17, 15) is 0 Å². The molecule has 2 unspecified atom stereocenters. The summed E-state index contributed by atoms with van der Waals surface area (Å²) in [4.78, 5) is 0. The van der Waals surface area contributed by atoms with Gasteiger partial charge < -0.3 is 10.6 Å². The van der Waals surface area contributed by atoms with Crippen LogP contribution in [0.3, 0.4) is 0 Å². The van der Waals surface area contributed by atoms with Gasteiger partial charge in [-0.25, -0.2) is 0 Å². The fourth-order valence-corrected chi connectivity index (χ4v) is 3.10. The van der Waals surface area contributed by atoms with Crippen molar-refractivity contribution in [2.24, 2.45) is 5.92 Å². The first-order valence-electron chi connectivity index (χ1n) is 7.78. The minimum atomic E-state index is 0.393. The summed E-state index contributed by atoms with van der Waals surface area (Å²) in [6.45, 7) is 2.22. The molecular formula is C17H24N2. The zero-order chi connectivity index (χ0) is 13.1. The topological polar surface area (TPSA) is 24.1 Å². The molecule has 1 saturated carbocycles. The third-order valence-corrected chi connectivity index (χ3v) is 4.41. The predicted molar refractivity (Wildman–Crippen MR) is 79.3 cm³/mol. The SMILES string of the molecule is CC1C#CNC(C(NC2CCCCC2)=C2C=C2)CC1. The molecule has 0 radical (unpaired) electrons. The molecule has 2 nitrogen and oxygen atoms in total. The molecule has 2 atom stereocenters. The molecule has 19 heavy (non-hydrogen) atoms. The van der Waals surface area contributed by atoms with Crippen LogP contribution in [0, 0.1) is 17.9 Å². The van der Waals surface area contributed by atoms with Crippen LogP contribution in [-0.2, 0) is 0 Å². The molecule has 102 valence electrons. The maximum absolute atomic E-state index is 3.82. The van der Waals surface area contributed by atoms with Crippen LogP contribution in [0.1, 0.15) is 51.9 Å². The maximum Gasteiger partial charge on any atom is 0.0742 e. The third-order valence-electron chi connectivity index (χ3n) is 4.41. The van der Waals surface area contributed by atoms with Gasteiger partial charge in [0, 0.05) is 23.7 Å². The standard InChI is InChI=1S/C17H24N2/c1-13-7-10-16(18-12-11-13)17(14-8-9-14)19-15-5-3-2-4-6-15/h8-9,13,15-16,18-19H,2-7,10H2,1H3. The lowest BCUT2D eigenvalue weighted by Gasteiger charge is -2.29. The molecule has 0 bridgehead atoms. The summed E-state index contributed by atoms with van der Waals surface area (Å²) in [5.74, 6) is 3.78. The van der Waals surface area contributed by atoms with Crippen molar-refractivity contribution in [2.75, 3.05) is 0 Å². The van der Waals surface area contributed by atoms with Crippen molar-refractivity contribution in [3.05, 3.63) is 23.4 Å². The molecule has 3 aliphatic rings. The molecule has 3 rings (SSSR count). The van der Waals surface area contributed by atoms with Gasteiger partial charge in [-0.1, -0.05) is 44.3 Å². The van der Waals surface area contributed by atoms with E-state index in [-0.39, 0.29) is 0 Å². The molecule has 0 aromatic heterocycles. The molecule has 2 aliphatic carbocycles. The zero-order valence-corrected chi connectivity index (χ0v) is 11.8. The Morgan fingerprint density at radius 2 is 1.95 bits per heavy atom. The highest BCUT2D eigenvalue weighted by atomic mass is 15.0. The Morgan fingerprint density at radius 1 is 1.16 bits per heavy atom. The van der Waals surface area contributed by atoms with Gasteiger partial charge in [-0.15, -0.1) is 0 Å². The van der Waals surface area contributed by atoms with Crippen LogP contribution in [0.4, 0.5) is 0 Å². The van der Waals surface area contributed by atoms with Crippen molar-refractivity contribution in [2.45, 2.75) is 64.0 Å². The van der Waals surface area contributed by atoms with E-state index in [0.29, 0.717) is 18.0 Å². The highest BCUT2D eigenvalue weighted by Crippen LogP contribution is 2.27. The van der Waals surface area contributed by atoms with Gasteiger partial charge in [-0.05, 0) is 31.3 Å². The summed E-state index contributed by atoms with van der Waals surface area (Å²) in [5, 5.41) is 7.22. The molecule has 0 spiro atoms. The number of hydrogen-bond donors (Lipinski definition) is 2. The maximum atomic E-state index is 3.82. The van der Waals surface area contributed by atoms with Crippen LogP contribution in [0.5, 0.6) is 0 Å². The summed E-state index contributed by atoms with van der Waals surface area (Å²) >= 11 is 0. The molecule has 0 saturated heterocycles. The Balaban J connectivity index is 1.65. The highest BCUT2D eigenvalue weighted by molar-refractivity contribution is 5.51. The smallest absolute Gasteiger partial charge is 0.0742 e. The second-order valence-corrected chi connectivity index (χ2v) is 6.13. The van der Waals surface area contributed by atoms with Gasteiger partial charge in [-0.2, -0.15) is 0 Å². The fraction of sp³-hybridized carbons (Fsp3) is 0.647. The second-order valence-electron chi connectivity index (χ2n) is 6.13. The van der Waals surface area contributed by atoms with Crippen molar-refractivity contribution in [3.8, 4) is 12.0 Å². The van der Waals surface area contributed by atoms with E-state index in [1.54, 1.807) is 0 Å². The number of hydrogen-bond acceptors (Lipinski definition) is 2. The summed E-state index contributed by atoms with van der Waals surface area (Å²) in [6.07, 6.45) is 13.6. The summed E-state index contributed by atoms with van der Waals surface area (Å²) < 4.78 is 0. The van der Waals surface area contributed by atoms with E-state index in [2.05, 4.69) is 41.7 Å². The van der Waals surface area contributed by atoms with Gasteiger partial charge >= 0.3 is 0 Å². The molecular weight excluding hydrogens is 232 g/mol. The second kappa shape index (κ2) is 5.74. The largest absolute Gasteiger partial charge is 0.383 e. The van der Waals surface area contributed by atoms with E-state index in [1.165, 1.54) is 56.2 Å². The van der Waals surface area contributed by atoms with Crippen molar-refractivity contribution >= 4 is 0 Å². The summed E-state index contributed by atoms with van der Waals surface area (Å²) in [6, 6.07) is 4.21. The lowest BCUT2D eigenvalue weighted by Crippen LogP contribution is -2.39. The Hall–Kier alpha value is -1.36. The van der Waals surface area contributed by atoms with Gasteiger partial charge in [0.2, 0.25) is 0 Å². The lowest BCUT2D eigenvalue weighted by atomic mass is 9.94. The van der Waals surface area contributed by atoms with Gasteiger partial charge in [0.05, 0.1) is 6.04 Å². The zero-order valence-electron chi connectivity index (χ0n) is 11.8. The summed E-state index contributed by atoms with van der Waals surface area (Å²) in [7, 11) is 0. The first-order valence-corrected chi connectivity index (χ1v) is 7.78. The average Bonchev–Trinajstić information content (AvgIpc) is 3.25. The number of allylic oxidation sites excluding steroid dienone is 3. The van der Waals surface area contributed by atoms with Gasteiger partial charge in [0.25, 0.3) is 0 Å². The minimum absolute atomic E-state index is 0.393. The molecule has 2 heteroatoms. The normalized spacial score (nSPS) is 29.8. The fourth-order valence-electron chi connectivity index (χ4n) is 3.10. The Bertz CT molecular complexity index is 436. The lowest BCUT2D eigenvalue weighted by molar-refractivity contribution is 0.381. The first kappa shape index (κ1) is 12.7. The molecule has 0 amide bonds. The Morgan fingerprint density at radius 3 is 2.68 bits per heavy atom. The monoisotopic (exact) mass is 256 g/mol. The Kier molecular flexibility index (Phi) is 3.82. The molecule has 0 aromatic rings. The van der Waals surface area contributed by atoms with E-state index in [1.807, 2.05) is 0 Å². The number of nitrogens with one attached hydrogen (secondary N) is 2. The van der Waals surface area contributed by atoms with Gasteiger partial charge in [-0.3, -0.25) is 0 Å². The Labute approximate surface area is 116 Å². The van der Waals surface area contributed by atoms with E-state index in [0.717, 1.165) is 0 Å². The minimum Gasteiger partial charge on any atom is -0.383 e. The van der Waals surface area contributed by atoms with Crippen LogP contribution in [0.25, 0.3) is 0 Å². The van der Waals surface area contributed by atoms with Crippen LogP contribution in [-0.4, -0.2) is 12.1 Å². The van der Waals surface area contributed by atoms with Crippen molar-refractivity contribution in [3.63, 3.8) is 0 Å². The number of rotatable bonds is 3. The van der Waals surface area contributed by atoms with Crippen molar-refractivity contribution < 1.29 is 0 Å². The third kappa shape index (κ3) is 3.35. The molecule has 1 heterocycles. The average molecular weight is 256 g/mol.